The Morgan fingerprint density at radius 1 is 1.15 bits per heavy atom. The summed E-state index contributed by atoms with van der Waals surface area (Å²) < 4.78 is 6.07. The fourth-order valence-corrected chi connectivity index (χ4v) is 5.16. The molecule has 3 heteroatoms. The van der Waals surface area contributed by atoms with Gasteiger partial charge in [-0.05, 0) is 37.5 Å². The van der Waals surface area contributed by atoms with Crippen LogP contribution in [0.5, 0.6) is 0 Å². The number of nitrogens with zero attached hydrogens (tertiary/aromatic N) is 1. The van der Waals surface area contributed by atoms with Crippen molar-refractivity contribution in [2.24, 2.45) is 17.6 Å². The predicted molar refractivity (Wildman–Crippen MR) is 82.7 cm³/mol. The van der Waals surface area contributed by atoms with Crippen LogP contribution in [0.4, 0.5) is 0 Å². The third-order valence-corrected chi connectivity index (χ3v) is 6.37. The van der Waals surface area contributed by atoms with Crippen molar-refractivity contribution in [2.45, 2.75) is 76.5 Å². The lowest BCUT2D eigenvalue weighted by Gasteiger charge is -2.58. The number of ether oxygens (including phenoxy) is 1. The lowest BCUT2D eigenvalue weighted by Crippen LogP contribution is -2.68. The monoisotopic (exact) mass is 280 g/mol. The highest BCUT2D eigenvalue weighted by molar-refractivity contribution is 5.04. The van der Waals surface area contributed by atoms with Gasteiger partial charge >= 0.3 is 0 Å². The van der Waals surface area contributed by atoms with E-state index in [4.69, 9.17) is 10.5 Å². The van der Waals surface area contributed by atoms with Crippen molar-refractivity contribution in [1.29, 1.82) is 0 Å². The van der Waals surface area contributed by atoms with Crippen LogP contribution < -0.4 is 5.73 Å². The molecule has 0 radical (unpaired) electrons. The summed E-state index contributed by atoms with van der Waals surface area (Å²) in [7, 11) is 0. The molecule has 116 valence electrons. The highest BCUT2D eigenvalue weighted by Crippen LogP contribution is 2.44. The van der Waals surface area contributed by atoms with E-state index >= 15 is 0 Å². The molecule has 0 spiro atoms. The molecule has 0 bridgehead atoms. The molecule has 3 aliphatic rings. The molecule has 0 aromatic carbocycles. The summed E-state index contributed by atoms with van der Waals surface area (Å²) in [6.07, 6.45) is 9.76. The Hall–Kier alpha value is -0.120. The molecule has 2 saturated carbocycles. The molecule has 2 N–H and O–H groups in total. The summed E-state index contributed by atoms with van der Waals surface area (Å²) >= 11 is 0. The fraction of sp³-hybridized carbons (Fsp3) is 1.00. The maximum Gasteiger partial charge on any atom is 0.0731 e. The Labute approximate surface area is 124 Å². The molecular weight excluding hydrogens is 248 g/mol. The van der Waals surface area contributed by atoms with Crippen molar-refractivity contribution in [1.82, 2.24) is 4.90 Å². The van der Waals surface area contributed by atoms with Crippen LogP contribution in [0, 0.1) is 11.8 Å². The van der Waals surface area contributed by atoms with Gasteiger partial charge in [0.15, 0.2) is 0 Å². The summed E-state index contributed by atoms with van der Waals surface area (Å²) in [5.41, 5.74) is 6.60. The van der Waals surface area contributed by atoms with Gasteiger partial charge in [-0.15, -0.1) is 0 Å². The number of hydrogen-bond acceptors (Lipinski definition) is 3. The third-order valence-electron chi connectivity index (χ3n) is 6.37. The smallest absolute Gasteiger partial charge is 0.0731 e. The minimum atomic E-state index is 0.238. The maximum absolute atomic E-state index is 6.36. The van der Waals surface area contributed by atoms with E-state index in [-0.39, 0.29) is 5.54 Å². The van der Waals surface area contributed by atoms with Gasteiger partial charge in [-0.1, -0.05) is 33.1 Å². The Balaban J connectivity index is 1.86. The molecule has 0 amide bonds. The van der Waals surface area contributed by atoms with Crippen LogP contribution in [0.3, 0.4) is 0 Å². The zero-order valence-corrected chi connectivity index (χ0v) is 13.3. The van der Waals surface area contributed by atoms with Crippen LogP contribution in [0.2, 0.25) is 0 Å². The Morgan fingerprint density at radius 2 is 1.95 bits per heavy atom. The second kappa shape index (κ2) is 5.94. The zero-order chi connectivity index (χ0) is 14.2. The van der Waals surface area contributed by atoms with Gasteiger partial charge in [0.1, 0.15) is 0 Å². The van der Waals surface area contributed by atoms with Crippen molar-refractivity contribution in [3.8, 4) is 0 Å². The summed E-state index contributed by atoms with van der Waals surface area (Å²) in [5.74, 6) is 1.55. The molecule has 1 heterocycles. The molecule has 0 aromatic rings. The van der Waals surface area contributed by atoms with E-state index in [1.165, 1.54) is 44.9 Å². The van der Waals surface area contributed by atoms with E-state index in [0.717, 1.165) is 31.5 Å². The maximum atomic E-state index is 6.36. The third kappa shape index (κ3) is 2.42. The molecule has 5 unspecified atom stereocenters. The fourth-order valence-electron chi connectivity index (χ4n) is 5.16. The molecule has 5 atom stereocenters. The van der Waals surface area contributed by atoms with E-state index < -0.39 is 0 Å². The minimum absolute atomic E-state index is 0.238. The van der Waals surface area contributed by atoms with Crippen LogP contribution in [0.15, 0.2) is 0 Å². The van der Waals surface area contributed by atoms with Gasteiger partial charge in [0.2, 0.25) is 0 Å². The van der Waals surface area contributed by atoms with Crippen molar-refractivity contribution in [2.75, 3.05) is 19.7 Å². The van der Waals surface area contributed by atoms with Crippen molar-refractivity contribution in [3.63, 3.8) is 0 Å². The van der Waals surface area contributed by atoms with Gasteiger partial charge in [0.25, 0.3) is 0 Å². The summed E-state index contributed by atoms with van der Waals surface area (Å²) in [6, 6.07) is 0.633. The van der Waals surface area contributed by atoms with Crippen LogP contribution in [0.25, 0.3) is 0 Å². The normalized spacial score (nSPS) is 47.0. The number of hydrogen-bond donors (Lipinski definition) is 1. The van der Waals surface area contributed by atoms with E-state index in [2.05, 4.69) is 18.7 Å². The first-order valence-electron chi connectivity index (χ1n) is 8.76. The van der Waals surface area contributed by atoms with Gasteiger partial charge in [-0.2, -0.15) is 0 Å². The quantitative estimate of drug-likeness (QED) is 0.845. The molecule has 3 rings (SSSR count). The minimum Gasteiger partial charge on any atom is -0.375 e. The molecule has 3 fully saturated rings. The molecule has 0 aromatic heterocycles. The van der Waals surface area contributed by atoms with Gasteiger partial charge in [0, 0.05) is 24.7 Å². The van der Waals surface area contributed by atoms with Gasteiger partial charge in [-0.25, -0.2) is 0 Å². The SMILES string of the molecule is CC1CCC(C)C(CN)(N2CCOC3CCCCC32)C1. The average molecular weight is 280 g/mol. The second-order valence-electron chi connectivity index (χ2n) is 7.55. The zero-order valence-electron chi connectivity index (χ0n) is 13.3. The Kier molecular flexibility index (Phi) is 4.40. The second-order valence-corrected chi connectivity index (χ2v) is 7.55. The van der Waals surface area contributed by atoms with Crippen LogP contribution in [0.1, 0.15) is 58.8 Å². The first-order valence-corrected chi connectivity index (χ1v) is 8.76. The summed E-state index contributed by atoms with van der Waals surface area (Å²) in [6.45, 7) is 7.67. The Bertz CT molecular complexity index is 333. The van der Waals surface area contributed by atoms with Crippen LogP contribution >= 0.6 is 0 Å². The van der Waals surface area contributed by atoms with Gasteiger partial charge in [0.05, 0.1) is 12.7 Å². The molecule has 1 saturated heterocycles. The number of rotatable bonds is 2. The average Bonchev–Trinajstić information content (AvgIpc) is 2.49. The van der Waals surface area contributed by atoms with Crippen molar-refractivity contribution >= 4 is 0 Å². The predicted octanol–water partition coefficient (Wildman–Crippen LogP) is 2.78. The molecule has 20 heavy (non-hydrogen) atoms. The summed E-state index contributed by atoms with van der Waals surface area (Å²) in [5, 5.41) is 0. The van der Waals surface area contributed by atoms with Crippen LogP contribution in [-0.2, 0) is 4.74 Å². The van der Waals surface area contributed by atoms with Gasteiger partial charge in [-0.3, -0.25) is 4.90 Å². The number of morpholine rings is 1. The highest BCUT2D eigenvalue weighted by Gasteiger charge is 2.49. The van der Waals surface area contributed by atoms with E-state index in [9.17, 15) is 0 Å². The van der Waals surface area contributed by atoms with Crippen LogP contribution in [-0.4, -0.2) is 42.3 Å². The summed E-state index contributed by atoms with van der Waals surface area (Å²) in [4.78, 5) is 2.81. The molecular formula is C17H32N2O. The lowest BCUT2D eigenvalue weighted by atomic mass is 9.67. The van der Waals surface area contributed by atoms with Crippen molar-refractivity contribution in [3.05, 3.63) is 0 Å². The lowest BCUT2D eigenvalue weighted by molar-refractivity contribution is -0.147. The first kappa shape index (κ1) is 14.8. The van der Waals surface area contributed by atoms with E-state index in [1.54, 1.807) is 0 Å². The van der Waals surface area contributed by atoms with Gasteiger partial charge < -0.3 is 10.5 Å². The molecule has 3 nitrogen and oxygen atoms in total. The highest BCUT2D eigenvalue weighted by atomic mass is 16.5. The van der Waals surface area contributed by atoms with E-state index in [0.29, 0.717) is 12.1 Å². The standard InChI is InChI=1S/C17H32N2O/c1-13-7-8-14(2)17(11-13,12-18)19-9-10-20-16-6-4-3-5-15(16)19/h13-16H,3-12,18H2,1-2H3. The largest absolute Gasteiger partial charge is 0.375 e. The van der Waals surface area contributed by atoms with Crippen molar-refractivity contribution < 1.29 is 4.74 Å². The number of nitrogens with two attached hydrogens (primary N) is 1. The van der Waals surface area contributed by atoms with E-state index in [1.807, 2.05) is 0 Å². The first-order chi connectivity index (χ1) is 9.67. The molecule has 1 aliphatic heterocycles. The topological polar surface area (TPSA) is 38.5 Å². The molecule has 2 aliphatic carbocycles. The number of fused-ring (bicyclic) bond motifs is 1. The Morgan fingerprint density at radius 3 is 2.75 bits per heavy atom.